The Morgan fingerprint density at radius 3 is 2.69 bits per heavy atom. The molecular formula is C12H14O4. The van der Waals surface area contributed by atoms with Crippen LogP contribution in [0, 0.1) is 0 Å². The zero-order chi connectivity index (χ0) is 12.0. The Morgan fingerprint density at radius 1 is 1.38 bits per heavy atom. The maximum Gasteiger partial charge on any atom is 0.307 e. The molecule has 0 aliphatic carbocycles. The average Bonchev–Trinajstić information content (AvgIpc) is 2.28. The summed E-state index contributed by atoms with van der Waals surface area (Å²) >= 11 is 0. The Labute approximate surface area is 94.1 Å². The topological polar surface area (TPSA) is 55.8 Å². The number of ether oxygens (including phenoxy) is 2. The van der Waals surface area contributed by atoms with Gasteiger partial charge in [0.05, 0.1) is 20.6 Å². The summed E-state index contributed by atoms with van der Waals surface area (Å²) in [6.45, 7) is 0. The first kappa shape index (κ1) is 12.1. The number of methoxy groups -OCH3 is 2. The molecule has 0 bridgehead atoms. The Hall–Kier alpha value is -1.97. The van der Waals surface area contributed by atoms with Crippen molar-refractivity contribution in [1.82, 2.24) is 0 Å². The van der Waals surface area contributed by atoms with Crippen LogP contribution in [0.4, 0.5) is 0 Å². The molecule has 0 saturated heterocycles. The van der Waals surface area contributed by atoms with Gasteiger partial charge in [-0.1, -0.05) is 24.3 Å². The zero-order valence-electron chi connectivity index (χ0n) is 9.27. The number of rotatable bonds is 5. The fourth-order valence-corrected chi connectivity index (χ4v) is 1.33. The molecule has 16 heavy (non-hydrogen) atoms. The highest BCUT2D eigenvalue weighted by Gasteiger charge is 2.06. The number of para-hydroxylation sites is 1. The molecule has 1 aromatic rings. The van der Waals surface area contributed by atoms with Gasteiger partial charge in [-0.15, -0.1) is 0 Å². The number of aliphatic carboxylic acids is 1. The van der Waals surface area contributed by atoms with Gasteiger partial charge in [0.2, 0.25) is 0 Å². The third-order valence-electron chi connectivity index (χ3n) is 2.02. The quantitative estimate of drug-likeness (QED) is 0.829. The van der Waals surface area contributed by atoms with Gasteiger partial charge in [-0.3, -0.25) is 4.79 Å². The van der Waals surface area contributed by atoms with Crippen molar-refractivity contribution in [2.24, 2.45) is 0 Å². The van der Waals surface area contributed by atoms with Crippen molar-refractivity contribution in [2.75, 3.05) is 14.2 Å². The van der Waals surface area contributed by atoms with E-state index >= 15 is 0 Å². The Bertz CT molecular complexity index is 396. The Balaban J connectivity index is 2.94. The zero-order valence-corrected chi connectivity index (χ0v) is 9.27. The summed E-state index contributed by atoms with van der Waals surface area (Å²) in [6, 6.07) is 5.44. The van der Waals surface area contributed by atoms with Gasteiger partial charge in [0.25, 0.3) is 0 Å². The molecular weight excluding hydrogens is 208 g/mol. The van der Waals surface area contributed by atoms with Gasteiger partial charge in [-0.05, 0) is 6.07 Å². The van der Waals surface area contributed by atoms with Crippen LogP contribution >= 0.6 is 0 Å². The summed E-state index contributed by atoms with van der Waals surface area (Å²) in [7, 11) is 3.11. The summed E-state index contributed by atoms with van der Waals surface area (Å²) in [4.78, 5) is 10.4. The SMILES string of the molecule is COc1cccc(/C=C/CC(=O)O)c1OC. The molecule has 1 rings (SSSR count). The van der Waals surface area contributed by atoms with Crippen LogP contribution in [-0.4, -0.2) is 25.3 Å². The van der Waals surface area contributed by atoms with Crippen molar-refractivity contribution >= 4 is 12.0 Å². The highest BCUT2D eigenvalue weighted by Crippen LogP contribution is 2.31. The summed E-state index contributed by atoms with van der Waals surface area (Å²) in [6.07, 6.45) is 3.26. The van der Waals surface area contributed by atoms with Crippen molar-refractivity contribution in [3.63, 3.8) is 0 Å². The summed E-state index contributed by atoms with van der Waals surface area (Å²) in [5, 5.41) is 8.51. The third kappa shape index (κ3) is 3.02. The second kappa shape index (κ2) is 5.80. The normalized spacial score (nSPS) is 10.4. The standard InChI is InChI=1S/C12H14O4/c1-15-10-7-3-5-9(12(10)16-2)6-4-8-11(13)14/h3-7H,8H2,1-2H3,(H,13,14)/b6-4+. The third-order valence-corrected chi connectivity index (χ3v) is 2.02. The lowest BCUT2D eigenvalue weighted by Gasteiger charge is -2.09. The first-order valence-electron chi connectivity index (χ1n) is 4.78. The van der Waals surface area contributed by atoms with Crippen molar-refractivity contribution in [2.45, 2.75) is 6.42 Å². The lowest BCUT2D eigenvalue weighted by molar-refractivity contribution is -0.135. The summed E-state index contributed by atoms with van der Waals surface area (Å²) in [5.41, 5.74) is 0.795. The van der Waals surface area contributed by atoms with Gasteiger partial charge in [0.15, 0.2) is 11.5 Å². The molecule has 4 heteroatoms. The number of carboxylic acids is 1. The number of hydrogen-bond acceptors (Lipinski definition) is 3. The lowest BCUT2D eigenvalue weighted by atomic mass is 10.1. The van der Waals surface area contributed by atoms with Crippen LogP contribution in [0.5, 0.6) is 11.5 Å². The minimum absolute atomic E-state index is 0.0135. The summed E-state index contributed by atoms with van der Waals surface area (Å²) in [5.74, 6) is 0.365. The molecule has 0 amide bonds. The van der Waals surface area contributed by atoms with Crippen LogP contribution in [-0.2, 0) is 4.79 Å². The van der Waals surface area contributed by atoms with E-state index in [0.717, 1.165) is 5.56 Å². The maximum atomic E-state index is 10.4. The molecule has 0 aliphatic heterocycles. The van der Waals surface area contributed by atoms with E-state index in [0.29, 0.717) is 11.5 Å². The largest absolute Gasteiger partial charge is 0.493 e. The molecule has 0 atom stereocenters. The number of benzene rings is 1. The molecule has 0 heterocycles. The molecule has 1 aromatic carbocycles. The highest BCUT2D eigenvalue weighted by molar-refractivity contribution is 5.71. The van der Waals surface area contributed by atoms with Crippen LogP contribution in [0.1, 0.15) is 12.0 Å². The number of hydrogen-bond donors (Lipinski definition) is 1. The van der Waals surface area contributed by atoms with Gasteiger partial charge < -0.3 is 14.6 Å². The van der Waals surface area contributed by atoms with Crippen LogP contribution in [0.15, 0.2) is 24.3 Å². The smallest absolute Gasteiger partial charge is 0.307 e. The first-order chi connectivity index (χ1) is 7.69. The van der Waals surface area contributed by atoms with E-state index in [1.54, 1.807) is 32.4 Å². The Kier molecular flexibility index (Phi) is 4.39. The molecule has 0 saturated carbocycles. The van der Waals surface area contributed by atoms with Gasteiger partial charge >= 0.3 is 5.97 Å². The molecule has 0 aromatic heterocycles. The number of carboxylic acid groups (broad SMARTS) is 1. The Morgan fingerprint density at radius 2 is 2.12 bits per heavy atom. The predicted octanol–water partition coefficient (Wildman–Crippen LogP) is 2.19. The van der Waals surface area contributed by atoms with E-state index in [9.17, 15) is 4.79 Å². The van der Waals surface area contributed by atoms with E-state index in [1.165, 1.54) is 0 Å². The number of carbonyl (C=O) groups is 1. The molecule has 0 fully saturated rings. The molecule has 86 valence electrons. The fourth-order valence-electron chi connectivity index (χ4n) is 1.33. The van der Waals surface area contributed by atoms with Gasteiger partial charge in [0.1, 0.15) is 0 Å². The monoisotopic (exact) mass is 222 g/mol. The van der Waals surface area contributed by atoms with Gasteiger partial charge in [-0.25, -0.2) is 0 Å². The van der Waals surface area contributed by atoms with E-state index < -0.39 is 5.97 Å². The lowest BCUT2D eigenvalue weighted by Crippen LogP contribution is -1.93. The van der Waals surface area contributed by atoms with E-state index in [2.05, 4.69) is 0 Å². The highest BCUT2D eigenvalue weighted by atomic mass is 16.5. The van der Waals surface area contributed by atoms with E-state index in [4.69, 9.17) is 14.6 Å². The minimum atomic E-state index is -0.863. The van der Waals surface area contributed by atoms with Crippen molar-refractivity contribution in [1.29, 1.82) is 0 Å². The fraction of sp³-hybridized carbons (Fsp3) is 0.250. The van der Waals surface area contributed by atoms with Crippen LogP contribution in [0.3, 0.4) is 0 Å². The predicted molar refractivity (Wildman–Crippen MR) is 60.8 cm³/mol. The molecule has 0 unspecified atom stereocenters. The second-order valence-electron chi connectivity index (χ2n) is 3.08. The average molecular weight is 222 g/mol. The van der Waals surface area contributed by atoms with Crippen LogP contribution < -0.4 is 9.47 Å². The maximum absolute atomic E-state index is 10.4. The van der Waals surface area contributed by atoms with E-state index in [1.807, 2.05) is 12.1 Å². The molecule has 0 spiro atoms. The second-order valence-corrected chi connectivity index (χ2v) is 3.08. The molecule has 1 N–H and O–H groups in total. The van der Waals surface area contributed by atoms with E-state index in [-0.39, 0.29) is 6.42 Å². The van der Waals surface area contributed by atoms with Crippen molar-refractivity contribution in [3.05, 3.63) is 29.8 Å². The molecule has 0 radical (unpaired) electrons. The summed E-state index contributed by atoms with van der Waals surface area (Å²) < 4.78 is 10.3. The van der Waals surface area contributed by atoms with Crippen molar-refractivity contribution < 1.29 is 19.4 Å². The first-order valence-corrected chi connectivity index (χ1v) is 4.78. The minimum Gasteiger partial charge on any atom is -0.493 e. The van der Waals surface area contributed by atoms with Crippen molar-refractivity contribution in [3.8, 4) is 11.5 Å². The molecule has 4 nitrogen and oxygen atoms in total. The van der Waals surface area contributed by atoms with Crippen LogP contribution in [0.2, 0.25) is 0 Å². The van der Waals surface area contributed by atoms with Crippen LogP contribution in [0.25, 0.3) is 6.08 Å². The van der Waals surface area contributed by atoms with Gasteiger partial charge in [-0.2, -0.15) is 0 Å². The van der Waals surface area contributed by atoms with Gasteiger partial charge in [0, 0.05) is 5.56 Å². The molecule has 0 aliphatic rings.